The second-order valence-corrected chi connectivity index (χ2v) is 4.30. The van der Waals surface area contributed by atoms with Crippen molar-refractivity contribution in [3.63, 3.8) is 0 Å². The van der Waals surface area contributed by atoms with E-state index in [4.69, 9.17) is 5.11 Å². The van der Waals surface area contributed by atoms with Crippen molar-refractivity contribution in [3.8, 4) is 5.75 Å². The van der Waals surface area contributed by atoms with E-state index in [1.807, 2.05) is 6.92 Å². The van der Waals surface area contributed by atoms with Gasteiger partial charge >= 0.3 is 0 Å². The molecule has 5 nitrogen and oxygen atoms in total. The number of nitrogens with one attached hydrogen (secondary N) is 2. The molecule has 0 unspecified atom stereocenters. The molecule has 0 saturated carbocycles. The highest BCUT2D eigenvalue weighted by Gasteiger charge is 2.04. The van der Waals surface area contributed by atoms with Crippen molar-refractivity contribution in [3.05, 3.63) is 24.3 Å². The minimum absolute atomic E-state index is 0.0146. The van der Waals surface area contributed by atoms with E-state index in [0.717, 1.165) is 12.8 Å². The highest BCUT2D eigenvalue weighted by molar-refractivity contribution is 5.91. The predicted molar refractivity (Wildman–Crippen MR) is 73.9 cm³/mol. The molecule has 2 amide bonds. The van der Waals surface area contributed by atoms with E-state index in [1.165, 1.54) is 12.1 Å². The van der Waals surface area contributed by atoms with Gasteiger partial charge in [0.2, 0.25) is 11.8 Å². The normalized spacial score (nSPS) is 9.95. The van der Waals surface area contributed by atoms with E-state index in [2.05, 4.69) is 10.6 Å². The summed E-state index contributed by atoms with van der Waals surface area (Å²) in [5.74, 6) is -0.0260. The van der Waals surface area contributed by atoms with Crippen LogP contribution in [0.1, 0.15) is 32.6 Å². The van der Waals surface area contributed by atoms with Crippen molar-refractivity contribution in [1.82, 2.24) is 5.32 Å². The van der Waals surface area contributed by atoms with E-state index < -0.39 is 0 Å². The average molecular weight is 264 g/mol. The molecule has 3 N–H and O–H groups in total. The SMILES string of the molecule is CCCCC(=O)NCCC(=O)Nc1ccc(O)cc1. The Morgan fingerprint density at radius 1 is 1.11 bits per heavy atom. The van der Waals surface area contributed by atoms with Crippen LogP contribution in [-0.4, -0.2) is 23.5 Å². The van der Waals surface area contributed by atoms with Crippen LogP contribution >= 0.6 is 0 Å². The Morgan fingerprint density at radius 3 is 2.42 bits per heavy atom. The van der Waals surface area contributed by atoms with E-state index in [0.29, 0.717) is 18.7 Å². The fourth-order valence-electron chi connectivity index (χ4n) is 1.51. The number of carbonyl (C=O) groups is 2. The zero-order chi connectivity index (χ0) is 14.1. The molecule has 0 fully saturated rings. The van der Waals surface area contributed by atoms with Crippen LogP contribution in [0.15, 0.2) is 24.3 Å². The third-order valence-corrected chi connectivity index (χ3v) is 2.58. The average Bonchev–Trinajstić information content (AvgIpc) is 2.39. The lowest BCUT2D eigenvalue weighted by molar-refractivity contribution is -0.121. The number of phenolic OH excluding ortho intramolecular Hbond substituents is 1. The van der Waals surface area contributed by atoms with Crippen LogP contribution in [0, 0.1) is 0 Å². The van der Waals surface area contributed by atoms with Gasteiger partial charge in [0.1, 0.15) is 5.75 Å². The second-order valence-electron chi connectivity index (χ2n) is 4.30. The van der Waals surface area contributed by atoms with Crippen molar-refractivity contribution >= 4 is 17.5 Å². The van der Waals surface area contributed by atoms with Gasteiger partial charge in [0, 0.05) is 25.1 Å². The van der Waals surface area contributed by atoms with Crippen molar-refractivity contribution in [2.45, 2.75) is 32.6 Å². The molecular weight excluding hydrogens is 244 g/mol. The minimum atomic E-state index is -0.165. The van der Waals surface area contributed by atoms with Crippen LogP contribution in [0.3, 0.4) is 0 Å². The summed E-state index contributed by atoms with van der Waals surface area (Å²) >= 11 is 0. The molecule has 0 atom stereocenters. The molecule has 104 valence electrons. The van der Waals surface area contributed by atoms with E-state index in [9.17, 15) is 9.59 Å². The second kappa shape index (κ2) is 8.13. The van der Waals surface area contributed by atoms with Gasteiger partial charge in [-0.2, -0.15) is 0 Å². The van der Waals surface area contributed by atoms with Crippen molar-refractivity contribution < 1.29 is 14.7 Å². The molecule has 0 aliphatic carbocycles. The van der Waals surface area contributed by atoms with Gasteiger partial charge in [0.15, 0.2) is 0 Å². The Hall–Kier alpha value is -2.04. The minimum Gasteiger partial charge on any atom is -0.508 e. The number of benzene rings is 1. The topological polar surface area (TPSA) is 78.4 Å². The number of carbonyl (C=O) groups excluding carboxylic acids is 2. The summed E-state index contributed by atoms with van der Waals surface area (Å²) in [5.41, 5.74) is 0.625. The smallest absolute Gasteiger partial charge is 0.226 e. The zero-order valence-corrected chi connectivity index (χ0v) is 11.1. The number of anilines is 1. The Bertz CT molecular complexity index is 415. The van der Waals surface area contributed by atoms with Crippen LogP contribution in [0.25, 0.3) is 0 Å². The molecule has 0 aliphatic heterocycles. The summed E-state index contributed by atoms with van der Waals surface area (Å²) in [4.78, 5) is 22.9. The lowest BCUT2D eigenvalue weighted by Gasteiger charge is -2.06. The fraction of sp³-hybridized carbons (Fsp3) is 0.429. The standard InChI is InChI=1S/C14H20N2O3/c1-2-3-4-13(18)15-10-9-14(19)16-11-5-7-12(17)8-6-11/h5-8,17H,2-4,9-10H2,1H3,(H,15,18)(H,16,19). The lowest BCUT2D eigenvalue weighted by atomic mass is 10.2. The molecular formula is C14H20N2O3. The Kier molecular flexibility index (Phi) is 6.43. The van der Waals surface area contributed by atoms with Crippen LogP contribution in [0.4, 0.5) is 5.69 Å². The quantitative estimate of drug-likeness (QED) is 0.659. The van der Waals surface area contributed by atoms with Gasteiger partial charge in [-0.3, -0.25) is 9.59 Å². The van der Waals surface area contributed by atoms with Crippen LogP contribution in [0.5, 0.6) is 5.75 Å². The van der Waals surface area contributed by atoms with Crippen LogP contribution in [-0.2, 0) is 9.59 Å². The molecule has 1 aromatic carbocycles. The first-order valence-corrected chi connectivity index (χ1v) is 6.47. The first kappa shape index (κ1) is 15.0. The number of hydrogen-bond donors (Lipinski definition) is 3. The first-order chi connectivity index (χ1) is 9.11. The van der Waals surface area contributed by atoms with Crippen molar-refractivity contribution in [2.75, 3.05) is 11.9 Å². The molecule has 0 radical (unpaired) electrons. The number of phenols is 1. The van der Waals surface area contributed by atoms with Gasteiger partial charge in [-0.1, -0.05) is 13.3 Å². The molecule has 1 rings (SSSR count). The van der Waals surface area contributed by atoms with Crippen molar-refractivity contribution in [2.24, 2.45) is 0 Å². The molecule has 1 aromatic rings. The highest BCUT2D eigenvalue weighted by atomic mass is 16.3. The molecule has 5 heteroatoms. The summed E-state index contributed by atoms with van der Waals surface area (Å²) in [7, 11) is 0. The summed E-state index contributed by atoms with van der Waals surface area (Å²) < 4.78 is 0. The predicted octanol–water partition coefficient (Wildman–Crippen LogP) is 2.03. The third-order valence-electron chi connectivity index (χ3n) is 2.58. The Morgan fingerprint density at radius 2 is 1.79 bits per heavy atom. The summed E-state index contributed by atoms with van der Waals surface area (Å²) in [6, 6.07) is 6.24. The molecule has 0 spiro atoms. The molecule has 0 heterocycles. The number of rotatable bonds is 7. The number of amides is 2. The number of unbranched alkanes of at least 4 members (excludes halogenated alkanes) is 1. The maximum atomic E-state index is 11.6. The summed E-state index contributed by atoms with van der Waals surface area (Å²) in [6.07, 6.45) is 2.59. The highest BCUT2D eigenvalue weighted by Crippen LogP contribution is 2.13. The number of hydrogen-bond acceptors (Lipinski definition) is 3. The van der Waals surface area contributed by atoms with E-state index in [1.54, 1.807) is 12.1 Å². The largest absolute Gasteiger partial charge is 0.508 e. The lowest BCUT2D eigenvalue weighted by Crippen LogP contribution is -2.27. The van der Waals surface area contributed by atoms with Gasteiger partial charge in [-0.05, 0) is 30.7 Å². The van der Waals surface area contributed by atoms with E-state index >= 15 is 0 Å². The van der Waals surface area contributed by atoms with Gasteiger partial charge in [0.25, 0.3) is 0 Å². The maximum Gasteiger partial charge on any atom is 0.226 e. The molecule has 0 bridgehead atoms. The van der Waals surface area contributed by atoms with Gasteiger partial charge in [-0.25, -0.2) is 0 Å². The van der Waals surface area contributed by atoms with Gasteiger partial charge in [-0.15, -0.1) is 0 Å². The Labute approximate surface area is 113 Å². The monoisotopic (exact) mass is 264 g/mol. The van der Waals surface area contributed by atoms with Gasteiger partial charge < -0.3 is 15.7 Å². The first-order valence-electron chi connectivity index (χ1n) is 6.47. The number of aromatic hydroxyl groups is 1. The summed E-state index contributed by atoms with van der Waals surface area (Å²) in [5, 5.41) is 14.5. The fourth-order valence-corrected chi connectivity index (χ4v) is 1.51. The molecule has 19 heavy (non-hydrogen) atoms. The maximum absolute atomic E-state index is 11.6. The molecule has 0 aromatic heterocycles. The third kappa shape index (κ3) is 6.45. The van der Waals surface area contributed by atoms with Crippen LogP contribution < -0.4 is 10.6 Å². The summed E-state index contributed by atoms with van der Waals surface area (Å²) in [6.45, 7) is 2.37. The molecule has 0 saturated heterocycles. The van der Waals surface area contributed by atoms with Crippen molar-refractivity contribution in [1.29, 1.82) is 0 Å². The molecule has 0 aliphatic rings. The zero-order valence-electron chi connectivity index (χ0n) is 11.1. The van der Waals surface area contributed by atoms with Crippen LogP contribution in [0.2, 0.25) is 0 Å². The van der Waals surface area contributed by atoms with Gasteiger partial charge in [0.05, 0.1) is 0 Å². The van der Waals surface area contributed by atoms with E-state index in [-0.39, 0.29) is 24.0 Å². The Balaban J connectivity index is 2.21.